The van der Waals surface area contributed by atoms with E-state index in [2.05, 4.69) is 9.74 Å². The Morgan fingerprint density at radius 1 is 1.06 bits per heavy atom. The zero-order chi connectivity index (χ0) is 23.1. The van der Waals surface area contributed by atoms with E-state index in [1.54, 1.807) is 30.0 Å². The Bertz CT molecular complexity index is 869. The van der Waals surface area contributed by atoms with E-state index in [-0.39, 0.29) is 36.8 Å². The molecule has 1 aromatic rings. The maximum Gasteiger partial charge on any atom is 0.409 e. The minimum atomic E-state index is -0.910. The van der Waals surface area contributed by atoms with Crippen molar-refractivity contribution in [2.75, 3.05) is 59.1 Å². The molecule has 2 aliphatic rings. The fourth-order valence-corrected chi connectivity index (χ4v) is 3.59. The van der Waals surface area contributed by atoms with Gasteiger partial charge in [0.15, 0.2) is 0 Å². The molecule has 0 atom stereocenters. The summed E-state index contributed by atoms with van der Waals surface area (Å²) in [6, 6.07) is 4.74. The van der Waals surface area contributed by atoms with Gasteiger partial charge in [-0.15, -0.1) is 10.1 Å². The Hall–Kier alpha value is -3.41. The molecule has 1 saturated heterocycles. The number of hydrogen-bond donors (Lipinski definition) is 0. The lowest BCUT2D eigenvalue weighted by Gasteiger charge is -2.33. The molecule has 174 valence electrons. The molecule has 0 aromatic heterocycles. The van der Waals surface area contributed by atoms with Crippen LogP contribution in [-0.4, -0.2) is 96.8 Å². The quantitative estimate of drug-likeness (QED) is 0.222. The smallest absolute Gasteiger partial charge is 0.409 e. The normalized spacial score (nSPS) is 16.2. The third kappa shape index (κ3) is 5.63. The molecule has 12 heteroatoms. The van der Waals surface area contributed by atoms with Gasteiger partial charge < -0.3 is 19.2 Å². The molecule has 2 aliphatic heterocycles. The fraction of sp³-hybridized carbons (Fsp3) is 0.550. The third-order valence-corrected chi connectivity index (χ3v) is 5.24. The number of carbonyl (C=O) groups excluding carboxylic acids is 3. The predicted molar refractivity (Wildman–Crippen MR) is 110 cm³/mol. The van der Waals surface area contributed by atoms with E-state index < -0.39 is 16.9 Å². The van der Waals surface area contributed by atoms with Crippen LogP contribution in [0, 0.1) is 10.1 Å². The molecule has 3 rings (SSSR count). The molecule has 0 spiro atoms. The molecule has 2 heterocycles. The van der Waals surface area contributed by atoms with Crippen molar-refractivity contribution in [2.24, 2.45) is 0 Å². The predicted octanol–water partition coefficient (Wildman–Crippen LogP) is 1.03. The number of amides is 3. The maximum absolute atomic E-state index is 12.6. The van der Waals surface area contributed by atoms with E-state index in [0.717, 1.165) is 4.90 Å². The van der Waals surface area contributed by atoms with Crippen LogP contribution in [0.3, 0.4) is 0 Å². The van der Waals surface area contributed by atoms with E-state index in [1.807, 2.05) is 0 Å². The zero-order valence-electron chi connectivity index (χ0n) is 17.9. The van der Waals surface area contributed by atoms with Crippen molar-refractivity contribution in [3.05, 3.63) is 39.4 Å². The third-order valence-electron chi connectivity index (χ3n) is 5.24. The topological polar surface area (TPSA) is 132 Å². The first-order chi connectivity index (χ1) is 15.4. The van der Waals surface area contributed by atoms with E-state index in [9.17, 15) is 24.5 Å². The van der Waals surface area contributed by atoms with E-state index in [0.29, 0.717) is 51.7 Å². The number of imide groups is 1. The molecule has 3 amide bonds. The van der Waals surface area contributed by atoms with Gasteiger partial charge in [0, 0.05) is 39.3 Å². The second-order valence-electron chi connectivity index (χ2n) is 7.26. The highest BCUT2D eigenvalue weighted by atomic mass is 16.9. The van der Waals surface area contributed by atoms with Gasteiger partial charge in [-0.1, -0.05) is 0 Å². The van der Waals surface area contributed by atoms with Crippen LogP contribution in [0.4, 0.5) is 4.79 Å². The Morgan fingerprint density at radius 3 is 2.47 bits per heavy atom. The summed E-state index contributed by atoms with van der Waals surface area (Å²) in [6.45, 7) is 5.65. The van der Waals surface area contributed by atoms with E-state index in [1.165, 1.54) is 0 Å². The average molecular weight is 450 g/mol. The summed E-state index contributed by atoms with van der Waals surface area (Å²) in [4.78, 5) is 56.1. The van der Waals surface area contributed by atoms with Crippen LogP contribution in [-0.2, 0) is 9.57 Å². The largest absolute Gasteiger partial charge is 0.492 e. The van der Waals surface area contributed by atoms with Gasteiger partial charge in [-0.2, -0.15) is 0 Å². The van der Waals surface area contributed by atoms with Gasteiger partial charge in [0.1, 0.15) is 12.4 Å². The Morgan fingerprint density at radius 2 is 1.78 bits per heavy atom. The van der Waals surface area contributed by atoms with Crippen molar-refractivity contribution in [1.29, 1.82) is 0 Å². The molecule has 0 bridgehead atoms. The van der Waals surface area contributed by atoms with Gasteiger partial charge in [0.2, 0.25) is 0 Å². The lowest BCUT2D eigenvalue weighted by molar-refractivity contribution is -0.757. The minimum Gasteiger partial charge on any atom is -0.492 e. The molecule has 0 N–H and O–H groups in total. The first kappa shape index (κ1) is 23.3. The number of fused-ring (bicyclic) bond motifs is 1. The van der Waals surface area contributed by atoms with Crippen molar-refractivity contribution in [3.8, 4) is 5.75 Å². The fourth-order valence-electron chi connectivity index (χ4n) is 3.59. The van der Waals surface area contributed by atoms with Gasteiger partial charge >= 0.3 is 6.09 Å². The highest BCUT2D eigenvalue weighted by molar-refractivity contribution is 6.21. The molecule has 0 unspecified atom stereocenters. The van der Waals surface area contributed by atoms with Crippen molar-refractivity contribution in [3.63, 3.8) is 0 Å². The molecule has 0 saturated carbocycles. The minimum absolute atomic E-state index is 0.0359. The number of hydrogen-bond acceptors (Lipinski definition) is 9. The van der Waals surface area contributed by atoms with Gasteiger partial charge in [-0.05, 0) is 31.5 Å². The van der Waals surface area contributed by atoms with Crippen molar-refractivity contribution < 1.29 is 33.8 Å². The first-order valence-electron chi connectivity index (χ1n) is 10.4. The number of piperazine rings is 1. The SMILES string of the molecule is CCOC(=O)N1CCN(CCOc2ccc3c(c2)C(=O)N(CCCO[N+](=O)[O-])C3=O)CC1. The summed E-state index contributed by atoms with van der Waals surface area (Å²) >= 11 is 0. The first-order valence-corrected chi connectivity index (χ1v) is 10.4. The second-order valence-corrected chi connectivity index (χ2v) is 7.26. The number of nitrogens with zero attached hydrogens (tertiary/aromatic N) is 4. The Kier molecular flexibility index (Phi) is 7.82. The van der Waals surface area contributed by atoms with Gasteiger partial charge in [-0.25, -0.2) is 4.79 Å². The van der Waals surface area contributed by atoms with Gasteiger partial charge in [0.05, 0.1) is 24.3 Å². The number of benzene rings is 1. The van der Waals surface area contributed by atoms with Crippen LogP contribution in [0.2, 0.25) is 0 Å². The summed E-state index contributed by atoms with van der Waals surface area (Å²) in [5, 5.41) is 9.28. The summed E-state index contributed by atoms with van der Waals surface area (Å²) in [5.74, 6) is -0.405. The molecule has 0 aliphatic carbocycles. The van der Waals surface area contributed by atoms with Crippen LogP contribution in [0.5, 0.6) is 5.75 Å². The maximum atomic E-state index is 12.6. The highest BCUT2D eigenvalue weighted by Crippen LogP contribution is 2.27. The molecular weight excluding hydrogens is 424 g/mol. The van der Waals surface area contributed by atoms with Crippen LogP contribution in [0.1, 0.15) is 34.1 Å². The highest BCUT2D eigenvalue weighted by Gasteiger charge is 2.35. The molecule has 0 radical (unpaired) electrons. The lowest BCUT2D eigenvalue weighted by Crippen LogP contribution is -2.49. The summed E-state index contributed by atoms with van der Waals surface area (Å²) in [7, 11) is 0. The Balaban J connectivity index is 1.45. The Labute approximate surface area is 184 Å². The monoisotopic (exact) mass is 450 g/mol. The van der Waals surface area contributed by atoms with Gasteiger partial charge in [0.25, 0.3) is 16.9 Å². The molecule has 32 heavy (non-hydrogen) atoms. The summed E-state index contributed by atoms with van der Waals surface area (Å²) < 4.78 is 10.8. The van der Waals surface area contributed by atoms with E-state index >= 15 is 0 Å². The molecule has 1 fully saturated rings. The van der Waals surface area contributed by atoms with E-state index in [4.69, 9.17) is 9.47 Å². The standard InChI is InChI=1S/C20H26N4O8/c1-2-30-20(27)22-9-7-21(8-10-22)11-13-31-15-4-5-16-17(14-15)19(26)23(18(16)25)6-3-12-32-24(28)29/h4-5,14H,2-3,6-13H2,1H3. The van der Waals surface area contributed by atoms with Crippen molar-refractivity contribution >= 4 is 17.9 Å². The van der Waals surface area contributed by atoms with Crippen molar-refractivity contribution in [1.82, 2.24) is 14.7 Å². The van der Waals surface area contributed by atoms with Crippen LogP contribution in [0.25, 0.3) is 0 Å². The second kappa shape index (κ2) is 10.8. The van der Waals surface area contributed by atoms with Crippen LogP contribution >= 0.6 is 0 Å². The lowest BCUT2D eigenvalue weighted by atomic mass is 10.1. The average Bonchev–Trinajstić information content (AvgIpc) is 3.01. The molecular formula is C20H26N4O8. The zero-order valence-corrected chi connectivity index (χ0v) is 17.9. The summed E-state index contributed by atoms with van der Waals surface area (Å²) in [6.07, 6.45) is -0.126. The molecule has 1 aromatic carbocycles. The molecule has 12 nitrogen and oxygen atoms in total. The number of carbonyl (C=O) groups is 3. The summed E-state index contributed by atoms with van der Waals surface area (Å²) in [5.41, 5.74) is 0.540. The number of rotatable bonds is 10. The number of ether oxygens (including phenoxy) is 2. The van der Waals surface area contributed by atoms with Crippen molar-refractivity contribution in [2.45, 2.75) is 13.3 Å². The van der Waals surface area contributed by atoms with Crippen LogP contribution in [0.15, 0.2) is 18.2 Å². The van der Waals surface area contributed by atoms with Crippen LogP contribution < -0.4 is 4.74 Å². The van der Waals surface area contributed by atoms with Gasteiger partial charge in [-0.3, -0.25) is 19.4 Å².